The Morgan fingerprint density at radius 1 is 0.800 bits per heavy atom. The van der Waals surface area contributed by atoms with Crippen LogP contribution >= 0.6 is 12.0 Å². The molecule has 2 aromatic carbocycles. The maximum atomic E-state index is 12.8. The minimum atomic E-state index is -4.09. The monoisotopic (exact) mass is 1250 g/mol. The van der Waals surface area contributed by atoms with Gasteiger partial charge in [0.15, 0.2) is 0 Å². The van der Waals surface area contributed by atoms with Gasteiger partial charge < -0.3 is 40.5 Å². The zero-order chi connectivity index (χ0) is 30.7. The molecule has 0 spiro atoms. The van der Waals surface area contributed by atoms with Gasteiger partial charge in [0.1, 0.15) is 16.8 Å². The Morgan fingerprint density at radius 3 is 1.98 bits per heavy atom. The standard InChI is InChI=1S/C27H28N8O6S2.7Y/c1-5-6-7-25-29-17-31-27(35-25)33-21-12-10-19(23(14-21)42-41-40-38-3)8-9-20-11-13-22(15-24(20)43(36,37)39-4)34-26-30-16-28-18(2)32-26;;;;;;;/h8-15H,5-7H2,1-4H3,(H,28,30,32,34)(H,29,31,33,35);;;;;;;/q-2;;;;;;;. The normalized spacial score (nSPS) is 10.0. The predicted molar refractivity (Wildman–Crippen MR) is 158 cm³/mol. The van der Waals surface area contributed by atoms with Crippen LogP contribution in [0.15, 0.2) is 46.2 Å². The molecule has 0 aliphatic rings. The van der Waals surface area contributed by atoms with E-state index >= 15 is 0 Å². The van der Waals surface area contributed by atoms with Gasteiger partial charge in [-0.2, -0.15) is 8.42 Å². The number of anilines is 4. The molecule has 50 heavy (non-hydrogen) atoms. The summed E-state index contributed by atoms with van der Waals surface area (Å²) < 4.78 is 35.5. The minimum absolute atomic E-state index is 0. The van der Waals surface area contributed by atoms with Crippen LogP contribution in [0.5, 0.6) is 0 Å². The van der Waals surface area contributed by atoms with Crippen LogP contribution in [0, 0.1) is 19.6 Å². The summed E-state index contributed by atoms with van der Waals surface area (Å²) in [6.07, 6.45) is 11.2. The summed E-state index contributed by atoms with van der Waals surface area (Å²) in [5.74, 6) is 1.68. The van der Waals surface area contributed by atoms with Gasteiger partial charge in [-0.15, -0.1) is 4.33 Å². The van der Waals surface area contributed by atoms with Crippen LogP contribution in [0.25, 0.3) is 12.2 Å². The number of aromatic nitrogens is 6. The van der Waals surface area contributed by atoms with Crippen LogP contribution < -0.4 is 10.6 Å². The van der Waals surface area contributed by atoms with Crippen molar-refractivity contribution >= 4 is 57.6 Å². The van der Waals surface area contributed by atoms with Crippen molar-refractivity contribution in [1.29, 1.82) is 0 Å². The van der Waals surface area contributed by atoms with E-state index in [2.05, 4.69) is 70.0 Å². The number of nitrogens with zero attached hydrogens (tertiary/aromatic N) is 6. The molecule has 23 heteroatoms. The fourth-order valence-electron chi connectivity index (χ4n) is 3.60. The van der Waals surface area contributed by atoms with Crippen LogP contribution in [0.4, 0.5) is 23.3 Å². The fourth-order valence-corrected chi connectivity index (χ4v) is 5.04. The molecular weight excluding hydrogens is 1220 g/mol. The average Bonchev–Trinajstić information content (AvgIpc) is 3.00. The molecule has 247 valence electrons. The van der Waals surface area contributed by atoms with Gasteiger partial charge in [0.25, 0.3) is 10.1 Å². The maximum Gasteiger partial charge on any atom is 0.297 e. The summed E-state index contributed by atoms with van der Waals surface area (Å²) in [5.41, 5.74) is 2.14. The Kier molecular flexibility index (Phi) is 39.4. The van der Waals surface area contributed by atoms with E-state index < -0.39 is 10.1 Å². The van der Waals surface area contributed by atoms with E-state index in [4.69, 9.17) is 8.52 Å². The molecule has 7 radical (unpaired) electrons. The van der Waals surface area contributed by atoms with Crippen molar-refractivity contribution in [2.75, 3.05) is 24.9 Å². The third kappa shape index (κ3) is 20.4. The number of benzene rings is 2. The van der Waals surface area contributed by atoms with Gasteiger partial charge in [0, 0.05) is 270 Å². The third-order valence-corrected chi connectivity index (χ3v) is 7.64. The van der Waals surface area contributed by atoms with Crippen molar-refractivity contribution in [3.63, 3.8) is 0 Å². The third-order valence-electron chi connectivity index (χ3n) is 5.65. The molecule has 4 rings (SSSR count). The van der Waals surface area contributed by atoms with Gasteiger partial charge >= 0.3 is 0 Å². The summed E-state index contributed by atoms with van der Waals surface area (Å²) in [6.45, 7) is 3.78. The van der Waals surface area contributed by atoms with Gasteiger partial charge in [0.2, 0.25) is 0 Å². The number of hydrogen-bond donors (Lipinski definition) is 2. The summed E-state index contributed by atoms with van der Waals surface area (Å²) in [5, 5.41) is 10.7. The van der Waals surface area contributed by atoms with Crippen molar-refractivity contribution < 1.29 is 256 Å². The number of rotatable bonds is 15. The predicted octanol–water partition coefficient (Wildman–Crippen LogP) is 4.80. The van der Waals surface area contributed by atoms with Gasteiger partial charge in [0.05, 0.1) is 26.3 Å². The van der Waals surface area contributed by atoms with Crippen molar-refractivity contribution in [3.05, 3.63) is 71.8 Å². The van der Waals surface area contributed by atoms with E-state index in [0.29, 0.717) is 45.0 Å². The van der Waals surface area contributed by atoms with Gasteiger partial charge in [-0.25, -0.2) is 4.89 Å². The first kappa shape index (κ1) is 60.3. The second-order valence-corrected chi connectivity index (χ2v) is 11.1. The van der Waals surface area contributed by atoms with E-state index in [1.54, 1.807) is 43.3 Å². The first-order valence-electron chi connectivity index (χ1n) is 12.9. The molecule has 0 fully saturated rings. The van der Waals surface area contributed by atoms with E-state index in [1.165, 1.54) is 13.2 Å². The van der Waals surface area contributed by atoms with Crippen molar-refractivity contribution in [3.8, 4) is 0 Å². The number of unbranched alkanes of at least 4 members (excludes halogenated alkanes) is 1. The molecule has 2 heterocycles. The molecule has 0 atom stereocenters. The Labute approximate surface area is 473 Å². The molecule has 0 aliphatic heterocycles. The molecule has 0 aliphatic carbocycles. The Balaban J connectivity index is -0.00000151. The Morgan fingerprint density at radius 2 is 1.38 bits per heavy atom. The largest absolute Gasteiger partial charge is 0.378 e. The molecule has 0 amide bonds. The van der Waals surface area contributed by atoms with Crippen LogP contribution in [-0.4, -0.2) is 52.5 Å². The van der Waals surface area contributed by atoms with E-state index in [-0.39, 0.29) is 240 Å². The van der Waals surface area contributed by atoms with Crippen molar-refractivity contribution in [2.24, 2.45) is 0 Å². The van der Waals surface area contributed by atoms with Crippen LogP contribution in [0.2, 0.25) is 0 Å². The molecule has 0 saturated carbocycles. The molecule has 14 nitrogen and oxygen atoms in total. The van der Waals surface area contributed by atoms with E-state index in [1.807, 2.05) is 6.07 Å². The number of nitrogens with one attached hydrogen (secondary N) is 2. The summed E-state index contributed by atoms with van der Waals surface area (Å²) in [7, 11) is -1.68. The topological polar surface area (TPSA) is 172 Å². The van der Waals surface area contributed by atoms with Crippen LogP contribution in [0.3, 0.4) is 0 Å². The van der Waals surface area contributed by atoms with E-state index in [9.17, 15) is 8.42 Å². The summed E-state index contributed by atoms with van der Waals surface area (Å²) >= 11 is 0.890. The van der Waals surface area contributed by atoms with Crippen molar-refractivity contribution in [2.45, 2.75) is 42.9 Å². The van der Waals surface area contributed by atoms with E-state index in [0.717, 1.165) is 38.4 Å². The van der Waals surface area contributed by atoms with Gasteiger partial charge in [-0.3, -0.25) is 4.18 Å². The van der Waals surface area contributed by atoms with Gasteiger partial charge in [-0.1, -0.05) is 56.0 Å². The molecule has 4 aromatic rings. The summed E-state index contributed by atoms with van der Waals surface area (Å²) in [4.78, 5) is 29.6. The average molecular weight is 1250 g/mol. The maximum absolute atomic E-state index is 12.8. The first-order chi connectivity index (χ1) is 20.8. The molecule has 0 bridgehead atoms. The fraction of sp³-hybridized carbons (Fsp3) is 0.259. The molecule has 0 unspecified atom stereocenters. The van der Waals surface area contributed by atoms with Crippen LogP contribution in [0.1, 0.15) is 42.5 Å². The quantitative estimate of drug-likeness (QED) is 0.0316. The Bertz CT molecular complexity index is 1700. The number of hydrogen-bond acceptors (Lipinski definition) is 15. The zero-order valence-corrected chi connectivity index (χ0v) is 49.2. The molecule has 2 aromatic heterocycles. The molecule has 2 N–H and O–H groups in total. The van der Waals surface area contributed by atoms with Crippen molar-refractivity contribution in [1.82, 2.24) is 29.9 Å². The zero-order valence-electron chi connectivity index (χ0n) is 27.7. The summed E-state index contributed by atoms with van der Waals surface area (Å²) in [6, 6.07) is 10.1. The van der Waals surface area contributed by atoms with Crippen LogP contribution in [-0.2, 0) is 264 Å². The molecule has 0 saturated heterocycles. The number of aryl methyl sites for hydroxylation is 2. The minimum Gasteiger partial charge on any atom is -0.378 e. The molecular formula is C27H28N8O6S2Y7-2. The smallest absolute Gasteiger partial charge is 0.297 e. The first-order valence-corrected chi connectivity index (χ1v) is 15.0. The second-order valence-electron chi connectivity index (χ2n) is 8.68. The Hall–Kier alpha value is 3.67. The SMILES string of the molecule is CCCCc1n[c-]nc(Nc2ccc(C=Cc3ccc(Nc4n[c-]nc(C)n4)cc3S(=O)(=O)OC)c(SOOOC)c2)n1.[Y].[Y].[Y].[Y].[Y].[Y].[Y]. The second kappa shape index (κ2) is 32.6. The van der Waals surface area contributed by atoms with Gasteiger partial charge in [-0.05, 0) is 41.8 Å².